The molecule has 0 aromatic heterocycles. The quantitative estimate of drug-likeness (QED) is 0.713. The van der Waals surface area contributed by atoms with Gasteiger partial charge in [0.15, 0.2) is 5.78 Å². The third kappa shape index (κ3) is 4.20. The number of hydrogen-bond acceptors (Lipinski definition) is 5. The van der Waals surface area contributed by atoms with Crippen LogP contribution in [0.25, 0.3) is 0 Å². The molecule has 0 heterocycles. The maximum Gasteiger partial charge on any atom is 0.242 e. The highest BCUT2D eigenvalue weighted by atomic mass is 32.2. The fraction of sp³-hybridized carbons (Fsp3) is 0.381. The second-order valence-electron chi connectivity index (χ2n) is 7.05. The van der Waals surface area contributed by atoms with Gasteiger partial charge in [-0.05, 0) is 68.1 Å². The second kappa shape index (κ2) is 8.32. The summed E-state index contributed by atoms with van der Waals surface area (Å²) in [6, 6.07) is 6.73. The molecule has 0 amide bonds. The van der Waals surface area contributed by atoms with Crippen molar-refractivity contribution in [3.05, 3.63) is 52.1 Å². The summed E-state index contributed by atoms with van der Waals surface area (Å²) in [4.78, 5) is 12.2. The van der Waals surface area contributed by atoms with Crippen LogP contribution in [0, 0.1) is 20.8 Å². The highest BCUT2D eigenvalue weighted by molar-refractivity contribution is 7.89. The van der Waals surface area contributed by atoms with E-state index in [1.165, 1.54) is 31.6 Å². The van der Waals surface area contributed by atoms with Crippen LogP contribution in [0.1, 0.15) is 39.5 Å². The lowest BCUT2D eigenvalue weighted by molar-refractivity contribution is 0.101. The van der Waals surface area contributed by atoms with E-state index >= 15 is 0 Å². The zero-order chi connectivity index (χ0) is 21.2. The van der Waals surface area contributed by atoms with E-state index in [0.717, 1.165) is 27.8 Å². The van der Waals surface area contributed by atoms with Gasteiger partial charge >= 0.3 is 0 Å². The summed E-state index contributed by atoms with van der Waals surface area (Å²) in [5.41, 5.74) is 5.30. The first-order valence-corrected chi connectivity index (χ1v) is 10.4. The Hall–Kier alpha value is -2.38. The molecule has 0 saturated carbocycles. The molecule has 2 rings (SSSR count). The number of nitrogens with zero attached hydrogens (tertiary/aromatic N) is 1. The Bertz CT molecular complexity index is 1010. The van der Waals surface area contributed by atoms with Gasteiger partial charge in [0.05, 0.1) is 17.7 Å². The molecule has 1 N–H and O–H groups in total. The molecule has 0 aliphatic heterocycles. The van der Waals surface area contributed by atoms with Gasteiger partial charge < -0.3 is 10.1 Å². The van der Waals surface area contributed by atoms with Gasteiger partial charge in [0.2, 0.25) is 10.0 Å². The van der Waals surface area contributed by atoms with Gasteiger partial charge in [0.25, 0.3) is 0 Å². The van der Waals surface area contributed by atoms with E-state index in [2.05, 4.69) is 5.32 Å². The van der Waals surface area contributed by atoms with Crippen molar-refractivity contribution in [2.45, 2.75) is 39.1 Å². The Kier molecular flexibility index (Phi) is 6.52. The van der Waals surface area contributed by atoms with Crippen LogP contribution in [0.4, 0.5) is 5.69 Å². The molecular formula is C21H28N2O4S. The number of carbonyl (C=O) groups excluding carboxylic acids is 1. The minimum absolute atomic E-state index is 0.0351. The van der Waals surface area contributed by atoms with E-state index in [1.54, 1.807) is 19.1 Å². The minimum Gasteiger partial charge on any atom is -0.495 e. The number of hydrogen-bond donors (Lipinski definition) is 1. The van der Waals surface area contributed by atoms with Crippen molar-refractivity contribution in [3.8, 4) is 5.75 Å². The van der Waals surface area contributed by atoms with Crippen LogP contribution in [0.15, 0.2) is 29.2 Å². The molecule has 7 heteroatoms. The van der Waals surface area contributed by atoms with E-state index in [-0.39, 0.29) is 10.7 Å². The average molecular weight is 405 g/mol. The summed E-state index contributed by atoms with van der Waals surface area (Å²) >= 11 is 0. The molecule has 2 aromatic carbocycles. The third-order valence-electron chi connectivity index (χ3n) is 4.89. The van der Waals surface area contributed by atoms with Crippen LogP contribution in [0.5, 0.6) is 5.75 Å². The Balaban J connectivity index is 2.45. The molecule has 28 heavy (non-hydrogen) atoms. The molecule has 0 spiro atoms. The Morgan fingerprint density at radius 1 is 1.11 bits per heavy atom. The Morgan fingerprint density at radius 3 is 2.29 bits per heavy atom. The molecule has 0 atom stereocenters. The first kappa shape index (κ1) is 21.9. The molecule has 0 unspecified atom stereocenters. The Morgan fingerprint density at radius 2 is 1.75 bits per heavy atom. The number of anilines is 1. The zero-order valence-corrected chi connectivity index (χ0v) is 18.3. The number of rotatable bonds is 7. The van der Waals surface area contributed by atoms with Crippen LogP contribution in [0.3, 0.4) is 0 Å². The number of benzene rings is 2. The number of Topliss-reactive ketones (excluding diaryl/α,β-unsaturated/α-hetero) is 1. The van der Waals surface area contributed by atoms with Crippen molar-refractivity contribution in [2.24, 2.45) is 0 Å². The van der Waals surface area contributed by atoms with E-state index in [0.29, 0.717) is 18.0 Å². The van der Waals surface area contributed by atoms with Crippen molar-refractivity contribution in [1.82, 2.24) is 4.31 Å². The van der Waals surface area contributed by atoms with Crippen LogP contribution < -0.4 is 10.1 Å². The molecule has 0 bridgehead atoms. The number of nitrogens with one attached hydrogen (secondary N) is 1. The maximum absolute atomic E-state index is 12.4. The topological polar surface area (TPSA) is 75.7 Å². The highest BCUT2D eigenvalue weighted by Gasteiger charge is 2.20. The van der Waals surface area contributed by atoms with Crippen LogP contribution in [-0.4, -0.2) is 39.7 Å². The fourth-order valence-electron chi connectivity index (χ4n) is 3.42. The largest absolute Gasteiger partial charge is 0.495 e. The molecule has 152 valence electrons. The molecular weight excluding hydrogens is 376 g/mol. The van der Waals surface area contributed by atoms with Gasteiger partial charge in [-0.25, -0.2) is 12.7 Å². The first-order valence-electron chi connectivity index (χ1n) is 8.95. The van der Waals surface area contributed by atoms with Crippen molar-refractivity contribution < 1.29 is 17.9 Å². The predicted octanol–water partition coefficient (Wildman–Crippen LogP) is 3.69. The Labute approximate surface area is 167 Å². The summed E-state index contributed by atoms with van der Waals surface area (Å²) in [6.45, 7) is 7.90. The lowest BCUT2D eigenvalue weighted by Gasteiger charge is -2.19. The molecule has 0 fully saturated rings. The normalized spacial score (nSPS) is 11.6. The predicted molar refractivity (Wildman–Crippen MR) is 112 cm³/mol. The average Bonchev–Trinajstić information content (AvgIpc) is 2.60. The number of aryl methyl sites for hydroxylation is 2. The molecule has 0 radical (unpaired) electrons. The van der Waals surface area contributed by atoms with E-state index in [1.807, 2.05) is 26.8 Å². The smallest absolute Gasteiger partial charge is 0.242 e. The maximum atomic E-state index is 12.4. The van der Waals surface area contributed by atoms with Gasteiger partial charge in [-0.2, -0.15) is 0 Å². The minimum atomic E-state index is -3.55. The van der Waals surface area contributed by atoms with E-state index in [9.17, 15) is 13.2 Å². The van der Waals surface area contributed by atoms with Gasteiger partial charge in [0.1, 0.15) is 5.75 Å². The summed E-state index contributed by atoms with van der Waals surface area (Å²) in [5, 5.41) is 3.28. The van der Waals surface area contributed by atoms with Gasteiger partial charge in [-0.1, -0.05) is 6.07 Å². The first-order chi connectivity index (χ1) is 13.0. The molecule has 0 aliphatic rings. The summed E-state index contributed by atoms with van der Waals surface area (Å²) in [5.74, 6) is 0.583. The standard InChI is InChI=1S/C21H28N2O4S/c1-13-10-14(2)21(16(4)24)15(3)18(13)12-22-19-11-17(8-9-20(19)27-7)28(25,26)23(5)6/h8-11,22H,12H2,1-7H3. The van der Waals surface area contributed by atoms with E-state index in [4.69, 9.17) is 4.74 Å². The number of methoxy groups -OCH3 is 1. The van der Waals surface area contributed by atoms with E-state index < -0.39 is 10.0 Å². The van der Waals surface area contributed by atoms with Crippen molar-refractivity contribution in [2.75, 3.05) is 26.5 Å². The van der Waals surface area contributed by atoms with Crippen molar-refractivity contribution in [3.63, 3.8) is 0 Å². The summed E-state index contributed by atoms with van der Waals surface area (Å²) in [6.07, 6.45) is 0. The van der Waals surface area contributed by atoms with Gasteiger partial charge in [-0.15, -0.1) is 0 Å². The van der Waals surface area contributed by atoms with Crippen LogP contribution >= 0.6 is 0 Å². The number of ether oxygens (including phenoxy) is 1. The molecule has 2 aromatic rings. The van der Waals surface area contributed by atoms with Crippen LogP contribution in [-0.2, 0) is 16.6 Å². The van der Waals surface area contributed by atoms with Crippen molar-refractivity contribution in [1.29, 1.82) is 0 Å². The summed E-state index contributed by atoms with van der Waals surface area (Å²) < 4.78 is 31.4. The third-order valence-corrected chi connectivity index (χ3v) is 6.70. The lowest BCUT2D eigenvalue weighted by Crippen LogP contribution is -2.22. The molecule has 0 saturated heterocycles. The number of carbonyl (C=O) groups is 1. The fourth-order valence-corrected chi connectivity index (χ4v) is 4.35. The zero-order valence-electron chi connectivity index (χ0n) is 17.5. The van der Waals surface area contributed by atoms with Gasteiger partial charge in [-0.3, -0.25) is 4.79 Å². The summed E-state index contributed by atoms with van der Waals surface area (Å²) in [7, 11) is 0.974. The van der Waals surface area contributed by atoms with Crippen molar-refractivity contribution >= 4 is 21.5 Å². The second-order valence-corrected chi connectivity index (χ2v) is 9.20. The number of ketones is 1. The monoisotopic (exact) mass is 404 g/mol. The highest BCUT2D eigenvalue weighted by Crippen LogP contribution is 2.30. The SMILES string of the molecule is COc1ccc(S(=O)(=O)N(C)C)cc1NCc1c(C)cc(C)c(C(C)=O)c1C. The lowest BCUT2D eigenvalue weighted by atomic mass is 9.91. The molecule has 6 nitrogen and oxygen atoms in total. The molecule has 0 aliphatic carbocycles. The number of sulfonamides is 1. The van der Waals surface area contributed by atoms with Crippen LogP contribution in [0.2, 0.25) is 0 Å². The van der Waals surface area contributed by atoms with Gasteiger partial charge in [0, 0.05) is 26.2 Å².